The van der Waals surface area contributed by atoms with E-state index in [1.807, 2.05) is 13.7 Å². The first-order valence-electron chi connectivity index (χ1n) is 9.43. The van der Waals surface area contributed by atoms with E-state index in [4.69, 9.17) is 9.90 Å². The number of nitrogens with zero attached hydrogens (tertiary/aromatic N) is 2. The Balaban J connectivity index is 0.00000155. The van der Waals surface area contributed by atoms with Crippen LogP contribution in [0.2, 0.25) is 0 Å². The number of aliphatic hydroxyl groups excluding tert-OH is 1. The molecule has 1 aliphatic carbocycles. The van der Waals surface area contributed by atoms with Crippen molar-refractivity contribution in [2.24, 2.45) is 0 Å². The fraction of sp³-hybridized carbons (Fsp3) is 0.500. The Bertz CT molecular complexity index is 774. The molecule has 1 fully saturated rings. The zero-order chi connectivity index (χ0) is 22.5. The molecule has 1 saturated heterocycles. The number of likely N-dealkylation sites (N-methyl/N-ethyl adjacent to an activating group) is 1. The van der Waals surface area contributed by atoms with Crippen LogP contribution in [0.4, 0.5) is 18.0 Å². The van der Waals surface area contributed by atoms with Crippen LogP contribution in [-0.4, -0.2) is 72.9 Å². The third-order valence-electron chi connectivity index (χ3n) is 5.16. The van der Waals surface area contributed by atoms with Gasteiger partial charge in [-0.2, -0.15) is 0 Å². The summed E-state index contributed by atoms with van der Waals surface area (Å²) in [6.45, 7) is 4.93. The summed E-state index contributed by atoms with van der Waals surface area (Å²) < 4.78 is 41.4. The topological polar surface area (TPSA) is 82.1 Å². The Morgan fingerprint density at radius 2 is 2.07 bits per heavy atom. The molecular formula is C20H26F3N3O4. The third kappa shape index (κ3) is 5.24. The predicted octanol–water partition coefficient (Wildman–Crippen LogP) is 2.47. The van der Waals surface area contributed by atoms with Crippen LogP contribution in [0.25, 0.3) is 0 Å². The third-order valence-corrected chi connectivity index (χ3v) is 5.16. The number of allylic oxidation sites excluding steroid dienone is 4. The largest absolute Gasteiger partial charge is 0.572 e. The Labute approximate surface area is 173 Å². The fourth-order valence-corrected chi connectivity index (χ4v) is 3.97. The van der Waals surface area contributed by atoms with Crippen molar-refractivity contribution >= 4 is 12.8 Å². The molecule has 0 aromatic heterocycles. The number of fused-ring (bicyclic) bond motifs is 1. The van der Waals surface area contributed by atoms with Gasteiger partial charge >= 0.3 is 12.4 Å². The van der Waals surface area contributed by atoms with Gasteiger partial charge in [0.15, 0.2) is 0 Å². The van der Waals surface area contributed by atoms with Gasteiger partial charge in [-0.25, -0.2) is 4.79 Å². The molecule has 166 valence electrons. The van der Waals surface area contributed by atoms with E-state index in [9.17, 15) is 18.0 Å². The smallest absolute Gasteiger partial charge is 0.410 e. The van der Waals surface area contributed by atoms with Crippen LogP contribution in [0.3, 0.4) is 0 Å². The fourth-order valence-electron chi connectivity index (χ4n) is 3.97. The number of rotatable bonds is 5. The Kier molecular flexibility index (Phi) is 7.71. The van der Waals surface area contributed by atoms with Crippen molar-refractivity contribution in [3.63, 3.8) is 0 Å². The number of carbonyl (C=O) groups excluding carboxylic acids is 2. The highest BCUT2D eigenvalue weighted by Gasteiger charge is 2.43. The van der Waals surface area contributed by atoms with Crippen molar-refractivity contribution in [1.82, 2.24) is 15.1 Å². The summed E-state index contributed by atoms with van der Waals surface area (Å²) in [6.07, 6.45) is 2.09. The summed E-state index contributed by atoms with van der Waals surface area (Å²) in [4.78, 5) is 24.0. The maximum Gasteiger partial charge on any atom is 0.572 e. The number of hydrogen-bond acceptors (Lipinski definition) is 5. The van der Waals surface area contributed by atoms with E-state index in [0.29, 0.717) is 19.5 Å². The number of ether oxygens (including phenoxy) is 1. The lowest BCUT2D eigenvalue weighted by atomic mass is 9.98. The summed E-state index contributed by atoms with van der Waals surface area (Å²) in [5.41, 5.74) is 2.57. The molecule has 30 heavy (non-hydrogen) atoms. The number of amides is 2. The maximum absolute atomic E-state index is 12.6. The van der Waals surface area contributed by atoms with E-state index in [-0.39, 0.29) is 36.9 Å². The van der Waals surface area contributed by atoms with Crippen LogP contribution < -0.4 is 5.32 Å². The first-order chi connectivity index (χ1) is 14.2. The lowest BCUT2D eigenvalue weighted by molar-refractivity contribution is -0.305. The SMILES string of the molecule is C=O.CC1=C(C2=CCC(OC(F)(F)F)=CC=C2)NC2CN(CCCO)C(=O)N(C)C12. The van der Waals surface area contributed by atoms with Crippen LogP contribution >= 0.6 is 0 Å². The molecule has 0 aromatic rings. The summed E-state index contributed by atoms with van der Waals surface area (Å²) in [5, 5.41) is 12.5. The lowest BCUT2D eigenvalue weighted by Gasteiger charge is -2.42. The van der Waals surface area contributed by atoms with Gasteiger partial charge in [0.25, 0.3) is 0 Å². The second-order valence-corrected chi connectivity index (χ2v) is 7.07. The van der Waals surface area contributed by atoms with Crippen molar-refractivity contribution in [2.45, 2.75) is 38.2 Å². The van der Waals surface area contributed by atoms with E-state index < -0.39 is 6.36 Å². The average Bonchev–Trinajstić information content (AvgIpc) is 2.86. The number of halogens is 3. The average molecular weight is 429 g/mol. The first kappa shape index (κ1) is 23.5. The zero-order valence-electron chi connectivity index (χ0n) is 16.9. The lowest BCUT2D eigenvalue weighted by Crippen LogP contribution is -2.61. The number of urea groups is 1. The van der Waals surface area contributed by atoms with Crippen molar-refractivity contribution in [2.75, 3.05) is 26.7 Å². The molecule has 10 heteroatoms. The minimum absolute atomic E-state index is 0.0184. The van der Waals surface area contributed by atoms with E-state index in [0.717, 1.165) is 16.8 Å². The molecule has 7 nitrogen and oxygen atoms in total. The van der Waals surface area contributed by atoms with Gasteiger partial charge in [-0.05, 0) is 30.6 Å². The first-order valence-corrected chi connectivity index (χ1v) is 9.43. The zero-order valence-corrected chi connectivity index (χ0v) is 16.9. The monoisotopic (exact) mass is 429 g/mol. The van der Waals surface area contributed by atoms with Crippen molar-refractivity contribution < 1.29 is 32.6 Å². The summed E-state index contributed by atoms with van der Waals surface area (Å²) in [5.74, 6) is -0.171. The molecule has 0 aromatic carbocycles. The quantitative estimate of drug-likeness (QED) is 0.702. The van der Waals surface area contributed by atoms with E-state index >= 15 is 0 Å². The van der Waals surface area contributed by atoms with Crippen LogP contribution in [0, 0.1) is 0 Å². The van der Waals surface area contributed by atoms with Gasteiger partial charge in [0.1, 0.15) is 12.5 Å². The molecule has 2 N–H and O–H groups in total. The van der Waals surface area contributed by atoms with Crippen LogP contribution in [0.5, 0.6) is 0 Å². The summed E-state index contributed by atoms with van der Waals surface area (Å²) in [6, 6.07) is -0.234. The minimum atomic E-state index is -4.71. The molecule has 2 aliphatic heterocycles. The summed E-state index contributed by atoms with van der Waals surface area (Å²) >= 11 is 0. The molecule has 0 radical (unpaired) electrons. The Morgan fingerprint density at radius 3 is 2.70 bits per heavy atom. The summed E-state index contributed by atoms with van der Waals surface area (Å²) in [7, 11) is 1.74. The predicted molar refractivity (Wildman–Crippen MR) is 104 cm³/mol. The molecule has 0 spiro atoms. The number of aliphatic hydroxyl groups is 1. The highest BCUT2D eigenvalue weighted by Crippen LogP contribution is 2.33. The molecule has 2 amide bonds. The number of nitrogens with one attached hydrogen (secondary N) is 1. The molecule has 0 saturated carbocycles. The van der Waals surface area contributed by atoms with Gasteiger partial charge in [-0.3, -0.25) is 0 Å². The molecule has 3 aliphatic rings. The van der Waals surface area contributed by atoms with Crippen LogP contribution in [-0.2, 0) is 9.53 Å². The maximum atomic E-state index is 12.6. The second kappa shape index (κ2) is 9.84. The number of hydrogen-bond donors (Lipinski definition) is 2. The Hall–Kier alpha value is -2.75. The van der Waals surface area contributed by atoms with Gasteiger partial charge < -0.3 is 29.8 Å². The van der Waals surface area contributed by atoms with Crippen LogP contribution in [0.1, 0.15) is 19.8 Å². The number of carbonyl (C=O) groups is 2. The normalized spacial score (nSPS) is 23.7. The molecule has 3 rings (SSSR count). The van der Waals surface area contributed by atoms with Gasteiger partial charge in [0.05, 0.1) is 12.1 Å². The van der Waals surface area contributed by atoms with E-state index in [2.05, 4.69) is 10.1 Å². The van der Waals surface area contributed by atoms with Gasteiger partial charge in [-0.1, -0.05) is 18.2 Å². The molecule has 0 bridgehead atoms. The van der Waals surface area contributed by atoms with Crippen molar-refractivity contribution in [3.05, 3.63) is 46.9 Å². The minimum Gasteiger partial charge on any atom is -0.410 e. The highest BCUT2D eigenvalue weighted by molar-refractivity contribution is 5.77. The molecule has 2 atom stereocenters. The number of alkyl halides is 3. The van der Waals surface area contributed by atoms with Crippen LogP contribution in [0.15, 0.2) is 46.9 Å². The molecule has 2 unspecified atom stereocenters. The highest BCUT2D eigenvalue weighted by atomic mass is 19.4. The standard InChI is InChI=1S/C19H24F3N3O3.CH2O/c1-12-16(13-5-3-6-14(8-7-13)28-19(20,21)22)23-15-11-25(9-4-10-26)18(27)24(2)17(12)15;1-2/h3,5-7,15,17,23,26H,4,8-11H2,1-2H3;1H2. The van der Waals surface area contributed by atoms with E-state index in [1.165, 1.54) is 12.2 Å². The second-order valence-electron chi connectivity index (χ2n) is 7.07. The van der Waals surface area contributed by atoms with E-state index in [1.54, 1.807) is 29.0 Å². The van der Waals surface area contributed by atoms with Gasteiger partial charge in [0.2, 0.25) is 0 Å². The Morgan fingerprint density at radius 1 is 1.37 bits per heavy atom. The van der Waals surface area contributed by atoms with Crippen molar-refractivity contribution in [3.8, 4) is 0 Å². The molecule has 2 heterocycles. The van der Waals surface area contributed by atoms with Crippen molar-refractivity contribution in [1.29, 1.82) is 0 Å². The van der Waals surface area contributed by atoms with Gasteiger partial charge in [0, 0.05) is 38.9 Å². The van der Waals surface area contributed by atoms with Gasteiger partial charge in [-0.15, -0.1) is 13.2 Å². The molecular weight excluding hydrogens is 403 g/mol.